The molecule has 0 spiro atoms. The van der Waals surface area contributed by atoms with Crippen LogP contribution in [0, 0.1) is 5.41 Å². The standard InChI is InChI=1S/C22H23N3O3/c1-22(2,21(28)23-14-16-9-5-3-6-10-16)13-19-18(20(26)27)15-24-25(19)17-11-7-4-8-12-17/h3-12,15H,13-14H2,1-2H3,(H,23,28)(H,26,27). The third-order valence-corrected chi connectivity index (χ3v) is 4.62. The monoisotopic (exact) mass is 377 g/mol. The quantitative estimate of drug-likeness (QED) is 0.660. The van der Waals surface area contributed by atoms with E-state index in [1.807, 2.05) is 60.7 Å². The fourth-order valence-electron chi connectivity index (χ4n) is 3.03. The molecule has 0 atom stereocenters. The number of carbonyl (C=O) groups excluding carboxylic acids is 1. The van der Waals surface area contributed by atoms with E-state index in [2.05, 4.69) is 10.4 Å². The molecule has 28 heavy (non-hydrogen) atoms. The lowest BCUT2D eigenvalue weighted by atomic mass is 9.85. The summed E-state index contributed by atoms with van der Waals surface area (Å²) < 4.78 is 1.59. The number of para-hydroxylation sites is 1. The topological polar surface area (TPSA) is 84.2 Å². The van der Waals surface area contributed by atoms with Gasteiger partial charge in [-0.1, -0.05) is 62.4 Å². The number of amides is 1. The number of nitrogens with one attached hydrogen (secondary N) is 1. The predicted molar refractivity (Wildman–Crippen MR) is 106 cm³/mol. The van der Waals surface area contributed by atoms with E-state index in [0.29, 0.717) is 12.2 Å². The van der Waals surface area contributed by atoms with Crippen molar-refractivity contribution in [3.63, 3.8) is 0 Å². The second-order valence-corrected chi connectivity index (χ2v) is 7.29. The number of hydrogen-bond acceptors (Lipinski definition) is 3. The van der Waals surface area contributed by atoms with Gasteiger partial charge in [0.25, 0.3) is 0 Å². The van der Waals surface area contributed by atoms with E-state index in [1.165, 1.54) is 6.20 Å². The Morgan fingerprint density at radius 2 is 1.64 bits per heavy atom. The third-order valence-electron chi connectivity index (χ3n) is 4.62. The number of benzene rings is 2. The largest absolute Gasteiger partial charge is 0.478 e. The second kappa shape index (κ2) is 8.08. The van der Waals surface area contributed by atoms with Crippen LogP contribution in [0.5, 0.6) is 0 Å². The van der Waals surface area contributed by atoms with Crippen LogP contribution in [0.25, 0.3) is 5.69 Å². The molecule has 1 aromatic heterocycles. The molecule has 0 aliphatic carbocycles. The molecule has 3 rings (SSSR count). The van der Waals surface area contributed by atoms with Crippen molar-refractivity contribution in [1.29, 1.82) is 0 Å². The smallest absolute Gasteiger partial charge is 0.339 e. The highest BCUT2D eigenvalue weighted by atomic mass is 16.4. The molecule has 0 unspecified atom stereocenters. The summed E-state index contributed by atoms with van der Waals surface area (Å²) in [4.78, 5) is 24.5. The van der Waals surface area contributed by atoms with Gasteiger partial charge in [0.2, 0.25) is 5.91 Å². The van der Waals surface area contributed by atoms with Crippen molar-refractivity contribution in [3.05, 3.63) is 83.7 Å². The molecule has 0 bridgehead atoms. The third kappa shape index (κ3) is 4.28. The maximum Gasteiger partial charge on any atom is 0.339 e. The fourth-order valence-corrected chi connectivity index (χ4v) is 3.03. The summed E-state index contributed by atoms with van der Waals surface area (Å²) in [6.45, 7) is 4.04. The van der Waals surface area contributed by atoms with Gasteiger partial charge < -0.3 is 10.4 Å². The summed E-state index contributed by atoms with van der Waals surface area (Å²) in [5.74, 6) is -1.20. The molecular formula is C22H23N3O3. The van der Waals surface area contributed by atoms with E-state index >= 15 is 0 Å². The summed E-state index contributed by atoms with van der Waals surface area (Å²) in [6, 6.07) is 19.0. The van der Waals surface area contributed by atoms with Gasteiger partial charge in [0, 0.05) is 18.4 Å². The molecule has 6 nitrogen and oxygen atoms in total. The van der Waals surface area contributed by atoms with Crippen molar-refractivity contribution in [3.8, 4) is 5.69 Å². The number of rotatable bonds is 7. The SMILES string of the molecule is CC(C)(Cc1c(C(=O)O)cnn1-c1ccccc1)C(=O)NCc1ccccc1. The van der Waals surface area contributed by atoms with Gasteiger partial charge in [-0.15, -0.1) is 0 Å². The van der Waals surface area contributed by atoms with Crippen LogP contribution in [0.2, 0.25) is 0 Å². The average molecular weight is 377 g/mol. The maximum absolute atomic E-state index is 12.8. The minimum absolute atomic E-state index is 0.104. The maximum atomic E-state index is 12.8. The van der Waals surface area contributed by atoms with E-state index in [-0.39, 0.29) is 17.9 Å². The molecule has 0 aliphatic heterocycles. The number of carboxylic acid groups (broad SMARTS) is 1. The Labute approximate surface area is 163 Å². The molecule has 1 heterocycles. The van der Waals surface area contributed by atoms with E-state index in [4.69, 9.17) is 0 Å². The normalized spacial score (nSPS) is 11.2. The minimum Gasteiger partial charge on any atom is -0.478 e. The van der Waals surface area contributed by atoms with Crippen LogP contribution >= 0.6 is 0 Å². The first kappa shape index (κ1) is 19.4. The molecule has 144 valence electrons. The van der Waals surface area contributed by atoms with Crippen LogP contribution in [0.3, 0.4) is 0 Å². The summed E-state index contributed by atoms with van der Waals surface area (Å²) in [5.41, 5.74) is 1.55. The van der Waals surface area contributed by atoms with Gasteiger partial charge in [-0.2, -0.15) is 5.10 Å². The fraction of sp³-hybridized carbons (Fsp3) is 0.227. The van der Waals surface area contributed by atoms with Crippen LogP contribution in [0.15, 0.2) is 66.9 Å². The zero-order valence-corrected chi connectivity index (χ0v) is 15.9. The lowest BCUT2D eigenvalue weighted by Gasteiger charge is -2.24. The first-order chi connectivity index (χ1) is 13.4. The first-order valence-electron chi connectivity index (χ1n) is 9.06. The van der Waals surface area contributed by atoms with Gasteiger partial charge >= 0.3 is 5.97 Å². The Kier molecular flexibility index (Phi) is 5.59. The number of carbonyl (C=O) groups is 2. The van der Waals surface area contributed by atoms with Crippen LogP contribution in [-0.2, 0) is 17.8 Å². The molecule has 0 saturated heterocycles. The van der Waals surface area contributed by atoms with Gasteiger partial charge in [-0.3, -0.25) is 4.79 Å². The second-order valence-electron chi connectivity index (χ2n) is 7.29. The van der Waals surface area contributed by atoms with E-state index in [9.17, 15) is 14.7 Å². The molecule has 0 aliphatic rings. The number of aromatic nitrogens is 2. The first-order valence-corrected chi connectivity index (χ1v) is 9.06. The molecule has 6 heteroatoms. The molecule has 1 amide bonds. The van der Waals surface area contributed by atoms with E-state index < -0.39 is 11.4 Å². The summed E-state index contributed by atoms with van der Waals surface area (Å²) in [7, 11) is 0. The van der Waals surface area contributed by atoms with E-state index in [0.717, 1.165) is 11.3 Å². The van der Waals surface area contributed by atoms with Crippen LogP contribution < -0.4 is 5.32 Å². The zero-order valence-electron chi connectivity index (χ0n) is 15.9. The predicted octanol–water partition coefficient (Wildman–Crippen LogP) is 3.46. The minimum atomic E-state index is -1.06. The van der Waals surface area contributed by atoms with Crippen molar-refractivity contribution in [1.82, 2.24) is 15.1 Å². The molecule has 2 N–H and O–H groups in total. The molecule has 2 aromatic carbocycles. The van der Waals surface area contributed by atoms with Crippen molar-refractivity contribution < 1.29 is 14.7 Å². The number of aromatic carboxylic acids is 1. The van der Waals surface area contributed by atoms with Crippen LogP contribution in [-0.4, -0.2) is 26.8 Å². The highest BCUT2D eigenvalue weighted by Crippen LogP contribution is 2.26. The molecule has 0 radical (unpaired) electrons. The number of hydrogen-bond donors (Lipinski definition) is 2. The lowest BCUT2D eigenvalue weighted by Crippen LogP contribution is -2.38. The van der Waals surface area contributed by atoms with Gasteiger partial charge in [0.05, 0.1) is 17.6 Å². The van der Waals surface area contributed by atoms with Crippen molar-refractivity contribution in [2.75, 3.05) is 0 Å². The average Bonchev–Trinajstić information content (AvgIpc) is 3.10. The van der Waals surface area contributed by atoms with Crippen LogP contribution in [0.1, 0.15) is 35.5 Å². The summed E-state index contributed by atoms with van der Waals surface area (Å²) in [5, 5.41) is 16.8. The van der Waals surface area contributed by atoms with Gasteiger partial charge in [-0.05, 0) is 17.7 Å². The number of nitrogens with zero attached hydrogens (tertiary/aromatic N) is 2. The Morgan fingerprint density at radius 3 is 2.25 bits per heavy atom. The van der Waals surface area contributed by atoms with Gasteiger partial charge in [-0.25, -0.2) is 9.48 Å². The Hall–Kier alpha value is -3.41. The van der Waals surface area contributed by atoms with Crippen LogP contribution in [0.4, 0.5) is 0 Å². The van der Waals surface area contributed by atoms with Gasteiger partial charge in [0.1, 0.15) is 5.56 Å². The molecule has 3 aromatic rings. The van der Waals surface area contributed by atoms with Crippen molar-refractivity contribution >= 4 is 11.9 Å². The zero-order chi connectivity index (χ0) is 20.1. The molecule has 0 saturated carbocycles. The van der Waals surface area contributed by atoms with Gasteiger partial charge in [0.15, 0.2) is 0 Å². The lowest BCUT2D eigenvalue weighted by molar-refractivity contribution is -0.129. The van der Waals surface area contributed by atoms with Crippen molar-refractivity contribution in [2.45, 2.75) is 26.8 Å². The molecular weight excluding hydrogens is 354 g/mol. The highest BCUT2D eigenvalue weighted by Gasteiger charge is 2.32. The Bertz CT molecular complexity index is 963. The Balaban J connectivity index is 1.83. The van der Waals surface area contributed by atoms with E-state index in [1.54, 1.807) is 18.5 Å². The van der Waals surface area contributed by atoms with Crippen molar-refractivity contribution in [2.24, 2.45) is 5.41 Å². The summed E-state index contributed by atoms with van der Waals surface area (Å²) in [6.07, 6.45) is 1.58. The molecule has 0 fully saturated rings. The highest BCUT2D eigenvalue weighted by molar-refractivity contribution is 5.89. The summed E-state index contributed by atoms with van der Waals surface area (Å²) >= 11 is 0. The Morgan fingerprint density at radius 1 is 1.04 bits per heavy atom. The number of carboxylic acids is 1.